The summed E-state index contributed by atoms with van der Waals surface area (Å²) < 4.78 is 0. The van der Waals surface area contributed by atoms with Crippen LogP contribution >= 0.6 is 23.5 Å². The molecule has 4 N–H and O–H groups in total. The Morgan fingerprint density at radius 2 is 2.21 bits per heavy atom. The number of nitrogens with two attached hydrogens (primary N) is 1. The third-order valence-electron chi connectivity index (χ3n) is 1.68. The molecule has 0 aliphatic rings. The third kappa shape index (κ3) is 11.9. The standard InChI is InChI=1S/C12H21N3O2S2/c1-9(2)15-10(3)19-8-11(13)7-18-5-4-14-12(17)6-16/h8,16H,3-7,13H2,1-2H3,(H,14,17)/b11-8-. The van der Waals surface area contributed by atoms with E-state index in [1.54, 1.807) is 11.8 Å². The van der Waals surface area contributed by atoms with E-state index in [2.05, 4.69) is 16.9 Å². The Kier molecular flexibility index (Phi) is 10.4. The number of nitrogens with zero attached hydrogens (tertiary/aromatic N) is 1. The lowest BCUT2D eigenvalue weighted by Gasteiger charge is -2.04. The number of thioether (sulfide) groups is 2. The van der Waals surface area contributed by atoms with E-state index in [9.17, 15) is 4.79 Å². The van der Waals surface area contributed by atoms with Crippen molar-refractivity contribution in [1.82, 2.24) is 5.32 Å². The molecule has 0 fully saturated rings. The van der Waals surface area contributed by atoms with Crippen molar-refractivity contribution in [2.45, 2.75) is 13.8 Å². The number of hydrogen-bond donors (Lipinski definition) is 3. The van der Waals surface area contributed by atoms with Gasteiger partial charge in [-0.05, 0) is 19.3 Å². The first-order chi connectivity index (χ1) is 8.95. The maximum Gasteiger partial charge on any atom is 0.245 e. The molecule has 0 aromatic rings. The van der Waals surface area contributed by atoms with E-state index in [1.807, 2.05) is 19.3 Å². The van der Waals surface area contributed by atoms with Crippen LogP contribution in [0.5, 0.6) is 0 Å². The summed E-state index contributed by atoms with van der Waals surface area (Å²) in [6.45, 7) is 7.68. The fourth-order valence-electron chi connectivity index (χ4n) is 0.962. The zero-order chi connectivity index (χ0) is 14.7. The number of aliphatic hydroxyl groups is 1. The monoisotopic (exact) mass is 303 g/mol. The molecular weight excluding hydrogens is 282 g/mol. The molecule has 0 atom stereocenters. The van der Waals surface area contributed by atoms with Gasteiger partial charge in [-0.15, -0.1) is 0 Å². The van der Waals surface area contributed by atoms with Crippen LogP contribution in [0.15, 0.2) is 27.7 Å². The van der Waals surface area contributed by atoms with Gasteiger partial charge in [-0.1, -0.05) is 18.3 Å². The van der Waals surface area contributed by atoms with Crippen LogP contribution in [0.2, 0.25) is 0 Å². The molecular formula is C12H21N3O2S2. The summed E-state index contributed by atoms with van der Waals surface area (Å²) in [5, 5.41) is 13.6. The second-order valence-electron chi connectivity index (χ2n) is 3.82. The summed E-state index contributed by atoms with van der Waals surface area (Å²) in [7, 11) is 0. The van der Waals surface area contributed by atoms with Crippen molar-refractivity contribution in [3.63, 3.8) is 0 Å². The lowest BCUT2D eigenvalue weighted by Crippen LogP contribution is -2.28. The van der Waals surface area contributed by atoms with Crippen LogP contribution in [0.4, 0.5) is 0 Å². The fourth-order valence-corrected chi connectivity index (χ4v) is 2.38. The van der Waals surface area contributed by atoms with E-state index >= 15 is 0 Å². The van der Waals surface area contributed by atoms with Gasteiger partial charge in [0.05, 0.1) is 5.03 Å². The molecule has 0 aliphatic carbocycles. The molecule has 0 radical (unpaired) electrons. The molecule has 0 aromatic heterocycles. The predicted molar refractivity (Wildman–Crippen MR) is 85.2 cm³/mol. The molecule has 0 unspecified atom stereocenters. The Morgan fingerprint density at radius 1 is 1.53 bits per heavy atom. The number of carbonyl (C=O) groups excluding carboxylic acids is 1. The van der Waals surface area contributed by atoms with E-state index in [4.69, 9.17) is 10.8 Å². The van der Waals surface area contributed by atoms with Crippen molar-refractivity contribution in [1.29, 1.82) is 0 Å². The van der Waals surface area contributed by atoms with E-state index in [0.717, 1.165) is 17.2 Å². The second kappa shape index (κ2) is 11.0. The van der Waals surface area contributed by atoms with Gasteiger partial charge in [0.15, 0.2) is 0 Å². The summed E-state index contributed by atoms with van der Waals surface area (Å²) in [5.41, 5.74) is 7.52. The highest BCUT2D eigenvalue weighted by Gasteiger charge is 1.97. The molecule has 0 rings (SSSR count). The third-order valence-corrected chi connectivity index (χ3v) is 3.49. The summed E-state index contributed by atoms with van der Waals surface area (Å²) in [6.07, 6.45) is 0. The first-order valence-corrected chi connectivity index (χ1v) is 7.76. The highest BCUT2D eigenvalue weighted by atomic mass is 32.2. The first kappa shape index (κ1) is 18.1. The van der Waals surface area contributed by atoms with Gasteiger partial charge in [-0.3, -0.25) is 9.79 Å². The van der Waals surface area contributed by atoms with E-state index in [0.29, 0.717) is 17.3 Å². The maximum absolute atomic E-state index is 10.7. The van der Waals surface area contributed by atoms with Crippen LogP contribution in [-0.4, -0.2) is 41.4 Å². The van der Waals surface area contributed by atoms with Gasteiger partial charge >= 0.3 is 0 Å². The molecule has 0 bridgehead atoms. The molecule has 7 heteroatoms. The van der Waals surface area contributed by atoms with E-state index in [1.165, 1.54) is 11.8 Å². The summed E-state index contributed by atoms with van der Waals surface area (Å²) >= 11 is 3.01. The molecule has 0 aliphatic heterocycles. The minimum atomic E-state index is -0.469. The maximum atomic E-state index is 10.7. The highest BCUT2D eigenvalue weighted by Crippen LogP contribution is 2.18. The Labute approximate surface area is 122 Å². The lowest BCUT2D eigenvalue weighted by molar-refractivity contribution is -0.123. The molecule has 108 valence electrons. The molecule has 0 saturated heterocycles. The van der Waals surface area contributed by atoms with Crippen molar-refractivity contribution in [2.75, 3.05) is 24.7 Å². The van der Waals surface area contributed by atoms with Crippen LogP contribution in [-0.2, 0) is 4.79 Å². The molecule has 0 aromatic carbocycles. The van der Waals surface area contributed by atoms with Crippen molar-refractivity contribution in [2.24, 2.45) is 10.7 Å². The van der Waals surface area contributed by atoms with Crippen LogP contribution in [0.3, 0.4) is 0 Å². The van der Waals surface area contributed by atoms with Crippen LogP contribution < -0.4 is 11.1 Å². The van der Waals surface area contributed by atoms with Crippen molar-refractivity contribution in [3.8, 4) is 0 Å². The Bertz CT molecular complexity index is 364. The number of aliphatic hydroxyl groups excluding tert-OH is 1. The number of rotatable bonds is 9. The number of nitrogens with one attached hydrogen (secondary N) is 1. The number of aliphatic imine (C=N–C) groups is 1. The summed E-state index contributed by atoms with van der Waals surface area (Å²) in [5.74, 6) is 1.08. The van der Waals surface area contributed by atoms with Gasteiger partial charge < -0.3 is 16.2 Å². The van der Waals surface area contributed by atoms with Crippen LogP contribution in [0.1, 0.15) is 13.8 Å². The molecule has 0 spiro atoms. The fraction of sp³-hybridized carbons (Fsp3) is 0.500. The zero-order valence-corrected chi connectivity index (χ0v) is 12.9. The van der Waals surface area contributed by atoms with Gasteiger partial charge in [0.25, 0.3) is 0 Å². The minimum Gasteiger partial charge on any atom is -0.401 e. The SMILES string of the molecule is C=C(N=C(C)C)S/C=C(\N)CSCCNC(=O)CO. The van der Waals surface area contributed by atoms with Crippen molar-refractivity contribution in [3.05, 3.63) is 22.7 Å². The highest BCUT2D eigenvalue weighted by molar-refractivity contribution is 8.05. The Balaban J connectivity index is 3.74. The van der Waals surface area contributed by atoms with Gasteiger partial charge in [-0.25, -0.2) is 0 Å². The smallest absolute Gasteiger partial charge is 0.245 e. The van der Waals surface area contributed by atoms with Gasteiger partial charge in [0.2, 0.25) is 5.91 Å². The first-order valence-electron chi connectivity index (χ1n) is 5.73. The second-order valence-corrected chi connectivity index (χ2v) is 5.87. The number of hydrogen-bond acceptors (Lipinski definition) is 6. The Morgan fingerprint density at radius 3 is 2.79 bits per heavy atom. The van der Waals surface area contributed by atoms with Crippen LogP contribution in [0.25, 0.3) is 0 Å². The predicted octanol–water partition coefficient (Wildman–Crippen LogP) is 1.31. The molecule has 0 saturated carbocycles. The topological polar surface area (TPSA) is 87.7 Å². The van der Waals surface area contributed by atoms with Crippen molar-refractivity contribution >= 4 is 35.1 Å². The van der Waals surface area contributed by atoms with E-state index in [-0.39, 0.29) is 5.91 Å². The number of amides is 1. The quantitative estimate of drug-likeness (QED) is 0.441. The summed E-state index contributed by atoms with van der Waals surface area (Å²) in [4.78, 5) is 14.9. The normalized spacial score (nSPS) is 11.0. The van der Waals surface area contributed by atoms with Crippen molar-refractivity contribution < 1.29 is 9.90 Å². The number of carbonyl (C=O) groups is 1. The lowest BCUT2D eigenvalue weighted by atomic mass is 10.5. The van der Waals surface area contributed by atoms with Gasteiger partial charge in [-0.2, -0.15) is 11.8 Å². The van der Waals surface area contributed by atoms with Crippen LogP contribution in [0, 0.1) is 0 Å². The largest absolute Gasteiger partial charge is 0.401 e. The molecule has 1 amide bonds. The molecule has 19 heavy (non-hydrogen) atoms. The minimum absolute atomic E-state index is 0.358. The Hall–Kier alpha value is -0.920. The summed E-state index contributed by atoms with van der Waals surface area (Å²) in [6, 6.07) is 0. The average molecular weight is 303 g/mol. The van der Waals surface area contributed by atoms with E-state index < -0.39 is 6.61 Å². The molecule has 0 heterocycles. The van der Waals surface area contributed by atoms with Gasteiger partial charge in [0, 0.05) is 29.5 Å². The zero-order valence-electron chi connectivity index (χ0n) is 11.3. The van der Waals surface area contributed by atoms with Gasteiger partial charge in [0.1, 0.15) is 6.61 Å². The average Bonchev–Trinajstić information content (AvgIpc) is 2.34. The molecule has 5 nitrogen and oxygen atoms in total.